The third-order valence-electron chi connectivity index (χ3n) is 1.78. The van der Waals surface area contributed by atoms with Gasteiger partial charge in [-0.25, -0.2) is 0 Å². The average molecular weight is 224 g/mol. The summed E-state index contributed by atoms with van der Waals surface area (Å²) in [7, 11) is 0. The summed E-state index contributed by atoms with van der Waals surface area (Å²) < 4.78 is 0. The smallest absolute Gasteiger partial charge is 0.281 e. The number of rotatable bonds is 6. The molecular formula is C9H18ClNOS. The monoisotopic (exact) mass is 223 g/mol. The first-order valence-corrected chi connectivity index (χ1v) is 6.25. The lowest BCUT2D eigenvalue weighted by molar-refractivity contribution is 0.228. The van der Waals surface area contributed by atoms with E-state index in [9.17, 15) is 4.79 Å². The molecule has 0 aromatic carbocycles. The van der Waals surface area contributed by atoms with Crippen LogP contribution in [0.2, 0.25) is 0 Å². The molecule has 0 saturated carbocycles. The maximum absolute atomic E-state index is 11.4. The molecule has 0 spiro atoms. The summed E-state index contributed by atoms with van der Waals surface area (Å²) in [6, 6.07) is 0. The highest BCUT2D eigenvalue weighted by molar-refractivity contribution is 8.13. The highest BCUT2D eigenvalue weighted by Gasteiger charge is 2.08. The molecule has 2 nitrogen and oxygen atoms in total. The van der Waals surface area contributed by atoms with Crippen molar-refractivity contribution in [2.24, 2.45) is 0 Å². The van der Waals surface area contributed by atoms with E-state index in [4.69, 9.17) is 11.6 Å². The standard InChI is InChI=1S/C9H18ClNOS/c1-3-11(4-2)9(12)13-8-6-5-7-10/h3-8H2,1-2H3. The van der Waals surface area contributed by atoms with Crippen LogP contribution in [0.15, 0.2) is 0 Å². The van der Waals surface area contributed by atoms with E-state index in [0.717, 1.165) is 31.7 Å². The molecule has 13 heavy (non-hydrogen) atoms. The number of hydrogen-bond acceptors (Lipinski definition) is 2. The molecular weight excluding hydrogens is 206 g/mol. The lowest BCUT2D eigenvalue weighted by Gasteiger charge is -2.17. The van der Waals surface area contributed by atoms with Gasteiger partial charge < -0.3 is 4.90 Å². The van der Waals surface area contributed by atoms with Gasteiger partial charge in [0.2, 0.25) is 0 Å². The van der Waals surface area contributed by atoms with E-state index < -0.39 is 0 Å². The predicted octanol–water partition coefficient (Wildman–Crippen LogP) is 3.20. The maximum Gasteiger partial charge on any atom is 0.281 e. The van der Waals surface area contributed by atoms with E-state index in [1.54, 1.807) is 0 Å². The van der Waals surface area contributed by atoms with Crippen molar-refractivity contribution < 1.29 is 4.79 Å². The number of thioether (sulfide) groups is 1. The average Bonchev–Trinajstić information content (AvgIpc) is 2.14. The number of alkyl halides is 1. The summed E-state index contributed by atoms with van der Waals surface area (Å²) in [5.74, 6) is 1.59. The van der Waals surface area contributed by atoms with Crippen molar-refractivity contribution in [3.05, 3.63) is 0 Å². The summed E-state index contributed by atoms with van der Waals surface area (Å²) in [4.78, 5) is 13.3. The number of hydrogen-bond donors (Lipinski definition) is 0. The van der Waals surface area contributed by atoms with Crippen LogP contribution in [0.25, 0.3) is 0 Å². The summed E-state index contributed by atoms with van der Waals surface area (Å²) in [6.45, 7) is 5.61. The number of halogens is 1. The number of carbonyl (C=O) groups is 1. The zero-order valence-corrected chi connectivity index (χ0v) is 9.96. The van der Waals surface area contributed by atoms with Crippen LogP contribution in [-0.4, -0.2) is 34.9 Å². The Morgan fingerprint density at radius 3 is 2.38 bits per heavy atom. The summed E-state index contributed by atoms with van der Waals surface area (Å²) in [5.41, 5.74) is 0. The van der Waals surface area contributed by atoms with Crippen LogP contribution in [0.5, 0.6) is 0 Å². The van der Waals surface area contributed by atoms with E-state index in [1.165, 1.54) is 11.8 Å². The van der Waals surface area contributed by atoms with E-state index >= 15 is 0 Å². The van der Waals surface area contributed by atoms with Gasteiger partial charge in [-0.1, -0.05) is 11.8 Å². The lowest BCUT2D eigenvalue weighted by Crippen LogP contribution is -2.26. The highest BCUT2D eigenvalue weighted by Crippen LogP contribution is 2.11. The fraction of sp³-hybridized carbons (Fsp3) is 0.889. The topological polar surface area (TPSA) is 20.3 Å². The number of amides is 1. The third-order valence-corrected chi connectivity index (χ3v) is 3.04. The fourth-order valence-electron chi connectivity index (χ4n) is 0.929. The molecule has 0 aliphatic carbocycles. The Balaban J connectivity index is 3.48. The van der Waals surface area contributed by atoms with Crippen molar-refractivity contribution in [3.8, 4) is 0 Å². The zero-order chi connectivity index (χ0) is 10.1. The molecule has 0 aromatic rings. The molecule has 0 bridgehead atoms. The van der Waals surface area contributed by atoms with Crippen LogP contribution >= 0.6 is 23.4 Å². The zero-order valence-electron chi connectivity index (χ0n) is 8.38. The SMILES string of the molecule is CCN(CC)C(=O)SCCCCCl. The molecule has 4 heteroatoms. The van der Waals surface area contributed by atoms with E-state index in [-0.39, 0.29) is 5.24 Å². The summed E-state index contributed by atoms with van der Waals surface area (Å²) in [5, 5.41) is 0.194. The van der Waals surface area contributed by atoms with Gasteiger partial charge in [0, 0.05) is 24.7 Å². The molecule has 0 N–H and O–H groups in total. The first kappa shape index (κ1) is 13.1. The molecule has 0 aliphatic heterocycles. The van der Waals surface area contributed by atoms with Crippen LogP contribution in [0.3, 0.4) is 0 Å². The van der Waals surface area contributed by atoms with Crippen LogP contribution in [0.4, 0.5) is 4.79 Å². The summed E-state index contributed by atoms with van der Waals surface area (Å²) >= 11 is 6.93. The van der Waals surface area contributed by atoms with E-state index in [2.05, 4.69) is 0 Å². The lowest BCUT2D eigenvalue weighted by atomic mass is 10.4. The first-order chi connectivity index (χ1) is 6.26. The molecule has 0 unspecified atom stereocenters. The molecule has 0 saturated heterocycles. The molecule has 1 amide bonds. The number of nitrogens with zero attached hydrogens (tertiary/aromatic N) is 1. The second-order valence-electron chi connectivity index (χ2n) is 2.68. The molecule has 0 heterocycles. The van der Waals surface area contributed by atoms with Crippen molar-refractivity contribution in [3.63, 3.8) is 0 Å². The van der Waals surface area contributed by atoms with Crippen molar-refractivity contribution in [1.29, 1.82) is 0 Å². The van der Waals surface area contributed by atoms with E-state index in [0.29, 0.717) is 5.88 Å². The molecule has 0 aliphatic rings. The predicted molar refractivity (Wildman–Crippen MR) is 60.7 cm³/mol. The van der Waals surface area contributed by atoms with Gasteiger partial charge in [0.1, 0.15) is 0 Å². The fourth-order valence-corrected chi connectivity index (χ4v) is 2.08. The second kappa shape index (κ2) is 8.70. The Hall–Kier alpha value is 0.110. The summed E-state index contributed by atoms with van der Waals surface area (Å²) in [6.07, 6.45) is 2.03. The van der Waals surface area contributed by atoms with Gasteiger partial charge in [-0.3, -0.25) is 4.79 Å². The van der Waals surface area contributed by atoms with Gasteiger partial charge in [0.05, 0.1) is 0 Å². The normalized spacial score (nSPS) is 10.1. The quantitative estimate of drug-likeness (QED) is 0.509. The number of carbonyl (C=O) groups excluding carboxylic acids is 1. The Morgan fingerprint density at radius 2 is 1.92 bits per heavy atom. The van der Waals surface area contributed by atoms with Gasteiger partial charge in [-0.05, 0) is 26.7 Å². The highest BCUT2D eigenvalue weighted by atomic mass is 35.5. The molecule has 0 fully saturated rings. The molecule has 0 rings (SSSR count). The van der Waals surface area contributed by atoms with Crippen LogP contribution in [-0.2, 0) is 0 Å². The molecule has 0 atom stereocenters. The van der Waals surface area contributed by atoms with Gasteiger partial charge >= 0.3 is 0 Å². The molecule has 0 aromatic heterocycles. The molecule has 0 radical (unpaired) electrons. The Morgan fingerprint density at radius 1 is 1.31 bits per heavy atom. The van der Waals surface area contributed by atoms with Crippen molar-refractivity contribution >= 4 is 28.6 Å². The van der Waals surface area contributed by atoms with Crippen molar-refractivity contribution in [2.75, 3.05) is 24.7 Å². The second-order valence-corrected chi connectivity index (χ2v) is 4.11. The van der Waals surface area contributed by atoms with Crippen LogP contribution < -0.4 is 0 Å². The minimum atomic E-state index is 0.194. The number of unbranched alkanes of at least 4 members (excludes halogenated alkanes) is 1. The van der Waals surface area contributed by atoms with Crippen molar-refractivity contribution in [1.82, 2.24) is 4.90 Å². The van der Waals surface area contributed by atoms with Crippen LogP contribution in [0.1, 0.15) is 26.7 Å². The van der Waals surface area contributed by atoms with Gasteiger partial charge in [0.25, 0.3) is 5.24 Å². The Bertz CT molecular complexity index is 140. The molecule has 78 valence electrons. The van der Waals surface area contributed by atoms with Crippen molar-refractivity contribution in [2.45, 2.75) is 26.7 Å². The van der Waals surface area contributed by atoms with Gasteiger partial charge in [-0.15, -0.1) is 11.6 Å². The van der Waals surface area contributed by atoms with E-state index in [1.807, 2.05) is 18.7 Å². The Labute approximate surface area is 90.0 Å². The Kier molecular flexibility index (Phi) is 8.77. The van der Waals surface area contributed by atoms with Gasteiger partial charge in [0.15, 0.2) is 0 Å². The third kappa shape index (κ3) is 6.22. The first-order valence-electron chi connectivity index (χ1n) is 4.73. The van der Waals surface area contributed by atoms with Gasteiger partial charge in [-0.2, -0.15) is 0 Å². The minimum Gasteiger partial charge on any atom is -0.334 e. The van der Waals surface area contributed by atoms with Crippen LogP contribution in [0, 0.1) is 0 Å². The maximum atomic E-state index is 11.4. The minimum absolute atomic E-state index is 0.194. The largest absolute Gasteiger partial charge is 0.334 e.